The second-order valence-electron chi connectivity index (χ2n) is 10.1. The van der Waals surface area contributed by atoms with E-state index in [4.69, 9.17) is 0 Å². The molecular weight excluding hydrogens is 376 g/mol. The molecule has 7 heteroatoms. The van der Waals surface area contributed by atoms with Crippen LogP contribution in [0.25, 0.3) is 0 Å². The van der Waals surface area contributed by atoms with Crippen LogP contribution in [0.4, 0.5) is 0 Å². The third-order valence-electron chi connectivity index (χ3n) is 8.16. The van der Waals surface area contributed by atoms with E-state index in [1.165, 1.54) is 4.31 Å². The molecule has 1 N–H and O–H groups in total. The highest BCUT2D eigenvalue weighted by Crippen LogP contribution is 2.64. The Bertz CT molecular complexity index is 738. The zero-order valence-corrected chi connectivity index (χ0v) is 18.8. The molecule has 0 aromatic heterocycles. The van der Waals surface area contributed by atoms with Crippen molar-refractivity contribution in [3.63, 3.8) is 0 Å². The molecule has 2 aliphatic carbocycles. The van der Waals surface area contributed by atoms with E-state index in [1.807, 2.05) is 6.92 Å². The molecule has 2 saturated carbocycles. The smallest absolute Gasteiger partial charge is 0.223 e. The van der Waals surface area contributed by atoms with Gasteiger partial charge in [0.25, 0.3) is 0 Å². The summed E-state index contributed by atoms with van der Waals surface area (Å²) in [6.07, 6.45) is 3.25. The molecule has 1 heterocycles. The normalized spacial score (nSPS) is 32.1. The molecule has 1 amide bonds. The summed E-state index contributed by atoms with van der Waals surface area (Å²) < 4.78 is 27.9. The van der Waals surface area contributed by atoms with Crippen molar-refractivity contribution in [1.82, 2.24) is 9.62 Å². The highest BCUT2D eigenvalue weighted by molar-refractivity contribution is 7.89. The zero-order valence-electron chi connectivity index (χ0n) is 18.0. The predicted molar refractivity (Wildman–Crippen MR) is 109 cm³/mol. The largest absolute Gasteiger partial charge is 0.353 e. The maximum Gasteiger partial charge on any atom is 0.223 e. The Morgan fingerprint density at radius 3 is 2.25 bits per heavy atom. The first-order chi connectivity index (χ1) is 12.9. The Kier molecular flexibility index (Phi) is 5.74. The predicted octanol–water partition coefficient (Wildman–Crippen LogP) is 2.58. The Morgan fingerprint density at radius 1 is 1.18 bits per heavy atom. The first-order valence-corrected chi connectivity index (χ1v) is 12.3. The van der Waals surface area contributed by atoms with E-state index in [2.05, 4.69) is 33.0 Å². The van der Waals surface area contributed by atoms with E-state index >= 15 is 0 Å². The van der Waals surface area contributed by atoms with Crippen LogP contribution in [0.5, 0.6) is 0 Å². The summed E-state index contributed by atoms with van der Waals surface area (Å²) in [7, 11) is -3.52. The second-order valence-corrected chi connectivity index (χ2v) is 12.1. The van der Waals surface area contributed by atoms with Crippen LogP contribution >= 0.6 is 0 Å². The van der Waals surface area contributed by atoms with Crippen molar-refractivity contribution >= 4 is 21.7 Å². The van der Waals surface area contributed by atoms with Gasteiger partial charge >= 0.3 is 0 Å². The van der Waals surface area contributed by atoms with Crippen molar-refractivity contribution in [2.24, 2.45) is 28.6 Å². The third kappa shape index (κ3) is 3.53. The summed E-state index contributed by atoms with van der Waals surface area (Å²) in [5.74, 6) is 0.644. The van der Waals surface area contributed by atoms with Crippen molar-refractivity contribution in [1.29, 1.82) is 0 Å². The first kappa shape index (κ1) is 21.8. The maximum atomic E-state index is 13.2. The van der Waals surface area contributed by atoms with Crippen LogP contribution in [0.15, 0.2) is 0 Å². The van der Waals surface area contributed by atoms with E-state index < -0.39 is 15.4 Å². The summed E-state index contributed by atoms with van der Waals surface area (Å²) in [6, 6.07) is 0.110. The van der Waals surface area contributed by atoms with E-state index in [9.17, 15) is 18.0 Å². The van der Waals surface area contributed by atoms with Gasteiger partial charge in [-0.2, -0.15) is 0 Å². The summed E-state index contributed by atoms with van der Waals surface area (Å²) in [6.45, 7) is 11.0. The van der Waals surface area contributed by atoms with Crippen LogP contribution in [0.1, 0.15) is 66.7 Å². The van der Waals surface area contributed by atoms with Gasteiger partial charge in [-0.3, -0.25) is 9.59 Å². The summed E-state index contributed by atoms with van der Waals surface area (Å²) >= 11 is 0. The highest BCUT2D eigenvalue weighted by atomic mass is 32.2. The number of sulfonamides is 1. The van der Waals surface area contributed by atoms with Gasteiger partial charge in [0.05, 0.1) is 5.75 Å². The van der Waals surface area contributed by atoms with Crippen LogP contribution in [0.2, 0.25) is 0 Å². The lowest BCUT2D eigenvalue weighted by Gasteiger charge is -2.39. The molecule has 0 aromatic rings. The van der Waals surface area contributed by atoms with Gasteiger partial charge in [0.1, 0.15) is 5.78 Å². The van der Waals surface area contributed by atoms with E-state index in [-0.39, 0.29) is 34.8 Å². The van der Waals surface area contributed by atoms with Crippen molar-refractivity contribution < 1.29 is 18.0 Å². The van der Waals surface area contributed by atoms with Crippen LogP contribution < -0.4 is 5.32 Å². The number of nitrogens with zero attached hydrogens (tertiary/aromatic N) is 1. The number of carbonyl (C=O) groups is 2. The Labute approximate surface area is 169 Å². The molecule has 160 valence electrons. The Hall–Kier alpha value is -0.950. The Balaban J connectivity index is 1.63. The molecule has 0 aromatic carbocycles. The molecule has 3 atom stereocenters. The quantitative estimate of drug-likeness (QED) is 0.727. The molecule has 3 unspecified atom stereocenters. The van der Waals surface area contributed by atoms with Crippen LogP contribution in [-0.2, 0) is 19.6 Å². The molecule has 28 heavy (non-hydrogen) atoms. The van der Waals surface area contributed by atoms with Gasteiger partial charge in [0.15, 0.2) is 0 Å². The molecule has 0 spiro atoms. The minimum absolute atomic E-state index is 0.0302. The fourth-order valence-electron chi connectivity index (χ4n) is 5.42. The molecule has 6 nitrogen and oxygen atoms in total. The lowest BCUT2D eigenvalue weighted by atomic mass is 9.70. The number of hydrogen-bond donors (Lipinski definition) is 1. The molecular formula is C21H36N2O4S. The third-order valence-corrected chi connectivity index (χ3v) is 10.2. The standard InChI is InChI=1S/C21H36N2O4S/c1-14(2)15(3)22-19(25)16-7-10-23(11-8-16)28(26,27)13-21-9-6-17(12-18(21)24)20(21,4)5/h14-17H,6-13H2,1-5H3,(H,22,25). The van der Waals surface area contributed by atoms with Gasteiger partial charge in [0.2, 0.25) is 15.9 Å². The van der Waals surface area contributed by atoms with Crippen molar-refractivity contribution in [3.05, 3.63) is 0 Å². The fraction of sp³-hybridized carbons (Fsp3) is 0.905. The lowest BCUT2D eigenvalue weighted by Crippen LogP contribution is -2.50. The van der Waals surface area contributed by atoms with Crippen molar-refractivity contribution in [3.8, 4) is 0 Å². The topological polar surface area (TPSA) is 83.6 Å². The average molecular weight is 413 g/mol. The average Bonchev–Trinajstić information content (AvgIpc) is 2.95. The number of carbonyl (C=O) groups excluding carboxylic acids is 2. The van der Waals surface area contributed by atoms with Gasteiger partial charge < -0.3 is 5.32 Å². The molecule has 2 bridgehead atoms. The minimum atomic E-state index is -3.52. The fourth-order valence-corrected chi connectivity index (χ4v) is 7.67. The molecule has 3 rings (SSSR count). The van der Waals surface area contributed by atoms with Gasteiger partial charge in [-0.15, -0.1) is 0 Å². The highest BCUT2D eigenvalue weighted by Gasteiger charge is 2.65. The summed E-state index contributed by atoms with van der Waals surface area (Å²) in [5, 5.41) is 3.05. The zero-order chi connectivity index (χ0) is 20.9. The molecule has 0 radical (unpaired) electrons. The summed E-state index contributed by atoms with van der Waals surface area (Å²) in [5.41, 5.74) is -0.972. The molecule has 3 aliphatic rings. The van der Waals surface area contributed by atoms with Gasteiger partial charge in [-0.05, 0) is 49.9 Å². The number of fused-ring (bicyclic) bond motifs is 2. The SMILES string of the molecule is CC(C)C(C)NC(=O)C1CCN(S(=O)(=O)CC23CCC(CC2=O)C3(C)C)CC1. The lowest BCUT2D eigenvalue weighted by molar-refractivity contribution is -0.128. The summed E-state index contributed by atoms with van der Waals surface area (Å²) in [4.78, 5) is 25.2. The number of rotatable bonds is 6. The number of nitrogens with one attached hydrogen (secondary N) is 1. The first-order valence-electron chi connectivity index (χ1n) is 10.7. The molecule has 1 saturated heterocycles. The van der Waals surface area contributed by atoms with Crippen LogP contribution in [-0.4, -0.2) is 49.3 Å². The van der Waals surface area contributed by atoms with Crippen molar-refractivity contribution in [2.75, 3.05) is 18.8 Å². The number of Topliss-reactive ketones (excluding diaryl/α,β-unsaturated/α-hetero) is 1. The Morgan fingerprint density at radius 2 is 1.79 bits per heavy atom. The minimum Gasteiger partial charge on any atom is -0.353 e. The number of hydrogen-bond acceptors (Lipinski definition) is 4. The molecule has 3 fully saturated rings. The number of amides is 1. The maximum absolute atomic E-state index is 13.2. The van der Waals surface area contributed by atoms with Gasteiger partial charge in [0, 0.05) is 36.9 Å². The van der Waals surface area contributed by atoms with Gasteiger partial charge in [-0.1, -0.05) is 27.7 Å². The number of ketones is 1. The monoisotopic (exact) mass is 412 g/mol. The van der Waals surface area contributed by atoms with E-state index in [1.54, 1.807) is 0 Å². The number of piperidine rings is 1. The second kappa shape index (κ2) is 7.38. The van der Waals surface area contributed by atoms with E-state index in [0.717, 1.165) is 6.42 Å². The van der Waals surface area contributed by atoms with Crippen LogP contribution in [0.3, 0.4) is 0 Å². The van der Waals surface area contributed by atoms with E-state index in [0.29, 0.717) is 50.6 Å². The van der Waals surface area contributed by atoms with Crippen LogP contribution in [0, 0.1) is 28.6 Å². The van der Waals surface area contributed by atoms with Crippen molar-refractivity contribution in [2.45, 2.75) is 72.8 Å². The van der Waals surface area contributed by atoms with Gasteiger partial charge in [-0.25, -0.2) is 12.7 Å². The molecule has 1 aliphatic heterocycles.